The van der Waals surface area contributed by atoms with Crippen LogP contribution >= 0.6 is 0 Å². The average Bonchev–Trinajstić information content (AvgIpc) is 3.20. The van der Waals surface area contributed by atoms with E-state index in [9.17, 15) is 0 Å². The smallest absolute Gasteiger partial charge is 0.160 e. The molecule has 2 aromatic heterocycles. The minimum Gasteiger partial charge on any atom is -0.247 e. The number of hydrogen-bond donors (Lipinski definition) is 0. The molecule has 0 bridgehead atoms. The first-order valence-electron chi connectivity index (χ1n) is 17.0. The lowest BCUT2D eigenvalue weighted by molar-refractivity contribution is 1.18. The molecule has 50 heavy (non-hydrogen) atoms. The lowest BCUT2D eigenvalue weighted by Crippen LogP contribution is -1.97. The molecule has 0 saturated heterocycles. The Balaban J connectivity index is 1.30. The fraction of sp³-hybridized carbons (Fsp3) is 0. The average molecular weight is 636 g/mol. The van der Waals surface area contributed by atoms with Gasteiger partial charge in [-0.05, 0) is 45.1 Å². The van der Waals surface area contributed by atoms with Gasteiger partial charge in [0.05, 0.1) is 22.6 Å². The van der Waals surface area contributed by atoms with Gasteiger partial charge in [0.25, 0.3) is 0 Å². The number of nitrogens with zero attached hydrogens (tertiary/aromatic N) is 3. The summed E-state index contributed by atoms with van der Waals surface area (Å²) in [6, 6.07) is 61.9. The number of aromatic nitrogens is 3. The standard InChI is InChI=1S/C47H29N3/c1-3-15-31(16-4-1)41-29-42(32-17-5-2-6-18-32)50-47(49-41)34-20-13-19-33(28-34)46-45-43-35-21-8-7-14-30(35)26-27-38(43)36-22-9-10-23-37(36)44(45)39-24-11-12-25-40(39)48-46/h1-29H. The van der Waals surface area contributed by atoms with Crippen molar-refractivity contribution in [1.82, 2.24) is 15.0 Å². The second-order valence-electron chi connectivity index (χ2n) is 12.8. The lowest BCUT2D eigenvalue weighted by atomic mass is 9.87. The number of pyridine rings is 1. The van der Waals surface area contributed by atoms with Crippen LogP contribution in [0.15, 0.2) is 176 Å². The first-order valence-corrected chi connectivity index (χ1v) is 17.0. The Morgan fingerprint density at radius 3 is 1.58 bits per heavy atom. The van der Waals surface area contributed by atoms with Gasteiger partial charge in [-0.25, -0.2) is 15.0 Å². The molecule has 3 heteroatoms. The summed E-state index contributed by atoms with van der Waals surface area (Å²) in [7, 11) is 0. The predicted molar refractivity (Wildman–Crippen MR) is 209 cm³/mol. The van der Waals surface area contributed by atoms with Crippen molar-refractivity contribution in [2.45, 2.75) is 0 Å². The van der Waals surface area contributed by atoms with Gasteiger partial charge in [-0.3, -0.25) is 0 Å². The monoisotopic (exact) mass is 635 g/mol. The van der Waals surface area contributed by atoms with Crippen LogP contribution in [-0.2, 0) is 0 Å². The molecule has 232 valence electrons. The summed E-state index contributed by atoms with van der Waals surface area (Å²) in [5.41, 5.74) is 7.77. The molecule has 3 nitrogen and oxygen atoms in total. The van der Waals surface area contributed by atoms with Gasteiger partial charge in [0.1, 0.15) is 0 Å². The molecule has 0 spiro atoms. The molecule has 0 amide bonds. The molecule has 0 aliphatic rings. The second-order valence-corrected chi connectivity index (χ2v) is 12.8. The van der Waals surface area contributed by atoms with Gasteiger partial charge in [-0.1, -0.05) is 158 Å². The molecule has 0 fully saturated rings. The minimum atomic E-state index is 0.679. The number of rotatable bonds is 4. The van der Waals surface area contributed by atoms with E-state index in [0.717, 1.165) is 55.6 Å². The molecule has 0 unspecified atom stereocenters. The molecule has 10 aromatic rings. The quantitative estimate of drug-likeness (QED) is 0.181. The van der Waals surface area contributed by atoms with Crippen molar-refractivity contribution in [3.05, 3.63) is 176 Å². The molecule has 8 aromatic carbocycles. The van der Waals surface area contributed by atoms with E-state index in [-0.39, 0.29) is 0 Å². The van der Waals surface area contributed by atoms with Gasteiger partial charge in [-0.2, -0.15) is 0 Å². The van der Waals surface area contributed by atoms with Crippen LogP contribution in [0.4, 0.5) is 0 Å². The fourth-order valence-corrected chi connectivity index (χ4v) is 7.54. The van der Waals surface area contributed by atoms with Crippen molar-refractivity contribution >= 4 is 54.0 Å². The zero-order valence-corrected chi connectivity index (χ0v) is 27.1. The number of benzene rings is 8. The normalized spacial score (nSPS) is 11.6. The highest BCUT2D eigenvalue weighted by molar-refractivity contribution is 6.37. The van der Waals surface area contributed by atoms with E-state index >= 15 is 0 Å². The Kier molecular flexibility index (Phi) is 6.49. The third-order valence-electron chi connectivity index (χ3n) is 9.82. The molecular formula is C47H29N3. The van der Waals surface area contributed by atoms with E-state index in [1.165, 1.54) is 37.7 Å². The topological polar surface area (TPSA) is 38.7 Å². The maximum atomic E-state index is 5.46. The van der Waals surface area contributed by atoms with Crippen LogP contribution in [0.2, 0.25) is 0 Å². The summed E-state index contributed by atoms with van der Waals surface area (Å²) >= 11 is 0. The zero-order valence-electron chi connectivity index (χ0n) is 27.1. The van der Waals surface area contributed by atoms with Crippen LogP contribution < -0.4 is 0 Å². The highest BCUT2D eigenvalue weighted by Gasteiger charge is 2.20. The molecule has 0 radical (unpaired) electrons. The Morgan fingerprint density at radius 1 is 0.300 bits per heavy atom. The summed E-state index contributed by atoms with van der Waals surface area (Å²) in [6.45, 7) is 0. The van der Waals surface area contributed by atoms with Crippen molar-refractivity contribution in [3.8, 4) is 45.2 Å². The summed E-state index contributed by atoms with van der Waals surface area (Å²) in [6.07, 6.45) is 0. The second kappa shape index (κ2) is 11.5. The van der Waals surface area contributed by atoms with E-state index in [0.29, 0.717) is 5.82 Å². The van der Waals surface area contributed by atoms with Crippen molar-refractivity contribution in [1.29, 1.82) is 0 Å². The van der Waals surface area contributed by atoms with E-state index in [2.05, 4.69) is 140 Å². The summed E-state index contributed by atoms with van der Waals surface area (Å²) < 4.78 is 0. The molecule has 10 rings (SSSR count). The highest BCUT2D eigenvalue weighted by Crippen LogP contribution is 2.45. The van der Waals surface area contributed by atoms with Crippen molar-refractivity contribution < 1.29 is 0 Å². The van der Waals surface area contributed by atoms with E-state index in [4.69, 9.17) is 15.0 Å². The predicted octanol–water partition coefficient (Wildman–Crippen LogP) is 12.3. The van der Waals surface area contributed by atoms with Gasteiger partial charge >= 0.3 is 0 Å². The van der Waals surface area contributed by atoms with Crippen LogP contribution in [0.5, 0.6) is 0 Å². The number of para-hydroxylation sites is 1. The minimum absolute atomic E-state index is 0.679. The summed E-state index contributed by atoms with van der Waals surface area (Å²) in [5.74, 6) is 0.679. The molecule has 2 heterocycles. The first-order chi connectivity index (χ1) is 24.8. The van der Waals surface area contributed by atoms with Crippen LogP contribution in [0, 0.1) is 0 Å². The van der Waals surface area contributed by atoms with Gasteiger partial charge in [-0.15, -0.1) is 0 Å². The third kappa shape index (κ3) is 4.56. The Hall–Kier alpha value is -6.71. The van der Waals surface area contributed by atoms with Crippen molar-refractivity contribution in [2.24, 2.45) is 0 Å². The Bertz CT molecular complexity index is 2820. The van der Waals surface area contributed by atoms with Gasteiger partial charge in [0.2, 0.25) is 0 Å². The van der Waals surface area contributed by atoms with Crippen molar-refractivity contribution in [2.75, 3.05) is 0 Å². The summed E-state index contributed by atoms with van der Waals surface area (Å²) in [4.78, 5) is 15.8. The summed E-state index contributed by atoms with van der Waals surface area (Å²) in [5, 5.41) is 10.9. The number of fused-ring (bicyclic) bond motifs is 10. The third-order valence-corrected chi connectivity index (χ3v) is 9.82. The highest BCUT2D eigenvalue weighted by atomic mass is 14.9. The van der Waals surface area contributed by atoms with Crippen molar-refractivity contribution in [3.63, 3.8) is 0 Å². The van der Waals surface area contributed by atoms with Crippen LogP contribution in [-0.4, -0.2) is 15.0 Å². The Labute approximate surface area is 289 Å². The molecule has 0 atom stereocenters. The van der Waals surface area contributed by atoms with E-state index in [1.807, 2.05) is 36.4 Å². The van der Waals surface area contributed by atoms with E-state index < -0.39 is 0 Å². The molecular weight excluding hydrogens is 607 g/mol. The molecule has 0 saturated carbocycles. The maximum absolute atomic E-state index is 5.46. The van der Waals surface area contributed by atoms with Gasteiger partial charge in [0.15, 0.2) is 5.82 Å². The SMILES string of the molecule is c1ccc(-c2cc(-c3ccccc3)nc(-c3cccc(-c4nc5ccccc5c5c6ccccc6c6ccc7ccccc7c6c45)c3)n2)cc1. The fourth-order valence-electron chi connectivity index (χ4n) is 7.54. The Morgan fingerprint density at radius 2 is 0.840 bits per heavy atom. The maximum Gasteiger partial charge on any atom is 0.160 e. The van der Waals surface area contributed by atoms with Crippen LogP contribution in [0.25, 0.3) is 99.2 Å². The van der Waals surface area contributed by atoms with Gasteiger partial charge < -0.3 is 0 Å². The van der Waals surface area contributed by atoms with Gasteiger partial charge in [0, 0.05) is 43.8 Å². The largest absolute Gasteiger partial charge is 0.247 e. The van der Waals surface area contributed by atoms with Crippen LogP contribution in [0.1, 0.15) is 0 Å². The van der Waals surface area contributed by atoms with E-state index in [1.54, 1.807) is 0 Å². The first kappa shape index (κ1) is 28.3. The van der Waals surface area contributed by atoms with Crippen LogP contribution in [0.3, 0.4) is 0 Å². The lowest BCUT2D eigenvalue weighted by Gasteiger charge is -2.18. The number of hydrogen-bond acceptors (Lipinski definition) is 3. The zero-order chi connectivity index (χ0) is 33.0. The molecule has 0 N–H and O–H groups in total. The molecule has 0 aliphatic heterocycles. The molecule has 0 aliphatic carbocycles.